The summed E-state index contributed by atoms with van der Waals surface area (Å²) < 4.78 is 28.6. The maximum Gasteiger partial charge on any atom is 0.229 e. The van der Waals surface area contributed by atoms with Crippen LogP contribution in [0.2, 0.25) is 0 Å². The van der Waals surface area contributed by atoms with E-state index in [9.17, 15) is 13.6 Å². The highest BCUT2D eigenvalue weighted by atomic mass is 32.1. The van der Waals surface area contributed by atoms with Gasteiger partial charge < -0.3 is 5.32 Å². The van der Waals surface area contributed by atoms with Crippen LogP contribution in [0.1, 0.15) is 11.3 Å². The number of amides is 1. The fraction of sp³-hybridized carbons (Fsp3) is 0.105. The van der Waals surface area contributed by atoms with Crippen LogP contribution >= 0.6 is 11.3 Å². The largest absolute Gasteiger partial charge is 0.310 e. The van der Waals surface area contributed by atoms with Crippen molar-refractivity contribution in [2.45, 2.75) is 13.3 Å². The molecule has 4 aromatic rings. The number of carbonyl (C=O) groups is 1. The molecule has 2 aromatic heterocycles. The van der Waals surface area contributed by atoms with E-state index in [2.05, 4.69) is 15.4 Å². The molecule has 0 spiro atoms. The molecule has 136 valence electrons. The SMILES string of the molecule is Cc1cc(NC(=O)Cc2ccc(F)cc2)n(-c2nc3ccc(F)cc3s2)n1. The second-order valence-electron chi connectivity index (χ2n) is 6.04. The first-order valence-corrected chi connectivity index (χ1v) is 8.97. The van der Waals surface area contributed by atoms with Crippen LogP contribution in [-0.2, 0) is 11.2 Å². The standard InChI is InChI=1S/C19H14F2N4OS/c1-11-8-17(23-18(26)9-12-2-4-13(20)5-3-12)25(24-11)19-22-15-7-6-14(21)10-16(15)27-19/h2-8,10H,9H2,1H3,(H,23,26). The van der Waals surface area contributed by atoms with Crippen molar-refractivity contribution >= 4 is 33.3 Å². The molecule has 1 N–H and O–H groups in total. The van der Waals surface area contributed by atoms with Gasteiger partial charge in [-0.05, 0) is 42.8 Å². The fourth-order valence-electron chi connectivity index (χ4n) is 2.69. The Morgan fingerprint density at radius 1 is 1.11 bits per heavy atom. The van der Waals surface area contributed by atoms with Crippen molar-refractivity contribution in [3.05, 3.63) is 71.4 Å². The Labute approximate surface area is 157 Å². The highest BCUT2D eigenvalue weighted by molar-refractivity contribution is 7.20. The maximum atomic E-state index is 13.4. The average molecular weight is 384 g/mol. The van der Waals surface area contributed by atoms with Gasteiger partial charge in [0, 0.05) is 6.07 Å². The molecule has 0 aliphatic carbocycles. The maximum absolute atomic E-state index is 13.4. The third-order valence-electron chi connectivity index (χ3n) is 3.90. The van der Waals surface area contributed by atoms with E-state index >= 15 is 0 Å². The van der Waals surface area contributed by atoms with Crippen LogP contribution in [0.3, 0.4) is 0 Å². The van der Waals surface area contributed by atoms with Crippen LogP contribution in [0.4, 0.5) is 14.6 Å². The molecule has 2 heterocycles. The Kier molecular flexibility index (Phi) is 4.41. The van der Waals surface area contributed by atoms with E-state index in [0.29, 0.717) is 32.4 Å². The number of nitrogens with one attached hydrogen (secondary N) is 1. The van der Waals surface area contributed by atoms with Crippen LogP contribution in [0.5, 0.6) is 0 Å². The normalized spacial score (nSPS) is 11.1. The summed E-state index contributed by atoms with van der Waals surface area (Å²) in [5.41, 5.74) is 2.07. The van der Waals surface area contributed by atoms with Crippen LogP contribution in [0, 0.1) is 18.6 Å². The average Bonchev–Trinajstić information content (AvgIpc) is 3.19. The highest BCUT2D eigenvalue weighted by Crippen LogP contribution is 2.27. The molecule has 1 amide bonds. The number of benzene rings is 2. The molecule has 0 fully saturated rings. The summed E-state index contributed by atoms with van der Waals surface area (Å²) in [5.74, 6) is -0.462. The molecule has 0 radical (unpaired) electrons. The first-order valence-electron chi connectivity index (χ1n) is 8.15. The number of aromatic nitrogens is 3. The molecule has 27 heavy (non-hydrogen) atoms. The molecule has 0 atom stereocenters. The minimum absolute atomic E-state index is 0.107. The second kappa shape index (κ2) is 6.88. The summed E-state index contributed by atoms with van der Waals surface area (Å²) in [4.78, 5) is 16.8. The predicted octanol–water partition coefficient (Wildman–Crippen LogP) is 4.25. The topological polar surface area (TPSA) is 59.8 Å². The third kappa shape index (κ3) is 3.70. The van der Waals surface area contributed by atoms with Gasteiger partial charge in [-0.1, -0.05) is 23.5 Å². The predicted molar refractivity (Wildman–Crippen MR) is 100 cm³/mol. The summed E-state index contributed by atoms with van der Waals surface area (Å²) in [7, 11) is 0. The van der Waals surface area contributed by atoms with E-state index in [0.717, 1.165) is 0 Å². The van der Waals surface area contributed by atoms with E-state index in [1.54, 1.807) is 31.2 Å². The lowest BCUT2D eigenvalue weighted by Crippen LogP contribution is -2.17. The molecular weight excluding hydrogens is 370 g/mol. The number of nitrogens with zero attached hydrogens (tertiary/aromatic N) is 3. The molecule has 0 saturated carbocycles. The molecule has 0 unspecified atom stereocenters. The number of hydrogen-bond acceptors (Lipinski definition) is 4. The molecule has 5 nitrogen and oxygen atoms in total. The number of fused-ring (bicyclic) bond motifs is 1. The monoisotopic (exact) mass is 384 g/mol. The van der Waals surface area contributed by atoms with Gasteiger partial charge in [-0.2, -0.15) is 9.78 Å². The number of halogens is 2. The van der Waals surface area contributed by atoms with Crippen LogP contribution in [-0.4, -0.2) is 20.7 Å². The van der Waals surface area contributed by atoms with Crippen molar-refractivity contribution in [3.8, 4) is 5.13 Å². The van der Waals surface area contributed by atoms with Gasteiger partial charge in [-0.25, -0.2) is 13.8 Å². The zero-order valence-electron chi connectivity index (χ0n) is 14.2. The van der Waals surface area contributed by atoms with Gasteiger partial charge in [-0.15, -0.1) is 0 Å². The molecule has 0 bridgehead atoms. The Balaban J connectivity index is 1.60. The van der Waals surface area contributed by atoms with Crippen LogP contribution < -0.4 is 5.32 Å². The van der Waals surface area contributed by atoms with Crippen molar-refractivity contribution < 1.29 is 13.6 Å². The van der Waals surface area contributed by atoms with Gasteiger partial charge in [0.1, 0.15) is 17.5 Å². The zero-order chi connectivity index (χ0) is 19.0. The number of thiazole rings is 1. The number of anilines is 1. The Morgan fingerprint density at radius 2 is 1.85 bits per heavy atom. The summed E-state index contributed by atoms with van der Waals surface area (Å²) in [5, 5.41) is 7.71. The van der Waals surface area contributed by atoms with Crippen LogP contribution in [0.25, 0.3) is 15.3 Å². The minimum Gasteiger partial charge on any atom is -0.310 e. The van der Waals surface area contributed by atoms with E-state index < -0.39 is 0 Å². The van der Waals surface area contributed by atoms with E-state index in [1.807, 2.05) is 0 Å². The van der Waals surface area contributed by atoms with Gasteiger partial charge in [0.25, 0.3) is 0 Å². The summed E-state index contributed by atoms with van der Waals surface area (Å²) in [6.07, 6.45) is 0.107. The van der Waals surface area contributed by atoms with Crippen LogP contribution in [0.15, 0.2) is 48.5 Å². The Hall–Kier alpha value is -3.13. The molecule has 0 saturated heterocycles. The fourth-order valence-corrected chi connectivity index (χ4v) is 3.64. The Bertz CT molecular complexity index is 1130. The van der Waals surface area contributed by atoms with Crippen molar-refractivity contribution in [3.63, 3.8) is 0 Å². The molecule has 4 rings (SSSR count). The summed E-state index contributed by atoms with van der Waals surface area (Å²) >= 11 is 1.28. The van der Waals surface area contributed by atoms with Gasteiger partial charge in [-0.3, -0.25) is 4.79 Å². The quantitative estimate of drug-likeness (QED) is 0.572. The third-order valence-corrected chi connectivity index (χ3v) is 4.89. The van der Waals surface area contributed by atoms with Gasteiger partial charge in [0.2, 0.25) is 11.0 Å². The minimum atomic E-state index is -0.347. The molecular formula is C19H14F2N4OS. The summed E-state index contributed by atoms with van der Waals surface area (Å²) in [6.45, 7) is 1.80. The number of aryl methyl sites for hydroxylation is 1. The molecule has 2 aromatic carbocycles. The number of carbonyl (C=O) groups excluding carboxylic acids is 1. The molecule has 8 heteroatoms. The first-order chi connectivity index (χ1) is 13.0. The molecule has 0 aliphatic heterocycles. The highest BCUT2D eigenvalue weighted by Gasteiger charge is 2.15. The van der Waals surface area contributed by atoms with E-state index in [1.165, 1.54) is 40.3 Å². The van der Waals surface area contributed by atoms with Gasteiger partial charge in [0.15, 0.2) is 0 Å². The van der Waals surface area contributed by atoms with Crippen molar-refractivity contribution in [1.82, 2.24) is 14.8 Å². The lowest BCUT2D eigenvalue weighted by atomic mass is 10.1. The second-order valence-corrected chi connectivity index (χ2v) is 7.05. The van der Waals surface area contributed by atoms with Crippen molar-refractivity contribution in [2.24, 2.45) is 0 Å². The summed E-state index contributed by atoms with van der Waals surface area (Å²) in [6, 6.07) is 11.9. The number of hydrogen-bond donors (Lipinski definition) is 1. The van der Waals surface area contributed by atoms with Crippen molar-refractivity contribution in [1.29, 1.82) is 0 Å². The van der Waals surface area contributed by atoms with Crippen molar-refractivity contribution in [2.75, 3.05) is 5.32 Å². The smallest absolute Gasteiger partial charge is 0.229 e. The zero-order valence-corrected chi connectivity index (χ0v) is 15.1. The van der Waals surface area contributed by atoms with Gasteiger partial charge in [0.05, 0.1) is 22.3 Å². The van der Waals surface area contributed by atoms with E-state index in [-0.39, 0.29) is 24.0 Å². The first kappa shape index (κ1) is 17.3. The molecule has 0 aliphatic rings. The van der Waals surface area contributed by atoms with E-state index in [4.69, 9.17) is 0 Å². The Morgan fingerprint density at radius 3 is 2.63 bits per heavy atom. The lowest BCUT2D eigenvalue weighted by Gasteiger charge is -2.06. The lowest BCUT2D eigenvalue weighted by molar-refractivity contribution is -0.115. The van der Waals surface area contributed by atoms with Gasteiger partial charge >= 0.3 is 0 Å². The number of rotatable bonds is 4.